The second kappa shape index (κ2) is 51.3. The minimum Gasteiger partial charge on any atom is -0.377 e. The fourth-order valence-corrected chi connectivity index (χ4v) is 6.46. The second-order valence-electron chi connectivity index (χ2n) is 13.8. The van der Waals surface area contributed by atoms with E-state index in [9.17, 15) is 47.9 Å². The van der Waals surface area contributed by atoms with Gasteiger partial charge in [-0.3, -0.25) is 57.7 Å². The first kappa shape index (κ1) is 77.7. The zero-order valence-electron chi connectivity index (χ0n) is 37.2. The van der Waals surface area contributed by atoms with Crippen LogP contribution in [-0.4, -0.2) is 172 Å². The molecule has 0 aromatic heterocycles. The Kier molecular flexibility index (Phi) is 55.4. The lowest BCUT2D eigenvalue weighted by atomic mass is 10.1. The molecule has 0 saturated heterocycles. The molecule has 0 spiro atoms. The first-order valence-corrected chi connectivity index (χ1v) is 29.3. The number of hydrogen-bond acceptors (Lipinski definition) is 20. The topological polar surface area (TPSA) is 314 Å². The van der Waals surface area contributed by atoms with Gasteiger partial charge in [-0.05, 0) is 85.8 Å². The Morgan fingerprint density at radius 3 is 1.08 bits per heavy atom. The third-order valence-corrected chi connectivity index (χ3v) is 13.4. The third-order valence-electron chi connectivity index (χ3n) is 8.65. The van der Waals surface area contributed by atoms with Crippen molar-refractivity contribution in [3.8, 4) is 0 Å². The third kappa shape index (κ3) is 41.2. The first-order chi connectivity index (χ1) is 32.6. The molecule has 0 saturated carbocycles. The van der Waals surface area contributed by atoms with E-state index in [4.69, 9.17) is 30.4 Å². The Morgan fingerprint density at radius 1 is 0.472 bits per heavy atom. The van der Waals surface area contributed by atoms with Gasteiger partial charge in [0, 0.05) is 90.5 Å². The average molecular weight is 1170 g/mol. The highest BCUT2D eigenvalue weighted by molar-refractivity contribution is 8.40. The minimum absolute atomic E-state index is 0. The Hall–Kier alpha value is -3.18. The van der Waals surface area contributed by atoms with E-state index in [0.717, 1.165) is 36.7 Å². The quantitative estimate of drug-likeness (QED) is 0.0295. The van der Waals surface area contributed by atoms with Crippen molar-refractivity contribution in [1.29, 1.82) is 0 Å². The van der Waals surface area contributed by atoms with E-state index in [2.05, 4.69) is 68.5 Å². The normalized spacial score (nSPS) is 13.0. The molecule has 0 aromatic carbocycles. The maximum Gasteiger partial charge on any atom is 0.253 e. The minimum atomic E-state index is -0.537. The molecule has 0 fully saturated rings. The summed E-state index contributed by atoms with van der Waals surface area (Å²) >= 11 is 18.1. The number of nitrogens with one attached hydrogen (secondary N) is 4. The maximum atomic E-state index is 11.7. The summed E-state index contributed by atoms with van der Waals surface area (Å²) in [6, 6.07) is -1.07. The molecule has 0 aromatic rings. The largest absolute Gasteiger partial charge is 0.377 e. The molecule has 72 heavy (non-hydrogen) atoms. The molecule has 2 unspecified atom stereocenters. The van der Waals surface area contributed by atoms with Crippen LogP contribution in [0.25, 0.3) is 0 Å². The van der Waals surface area contributed by atoms with Crippen LogP contribution in [0.4, 0.5) is 0 Å². The van der Waals surface area contributed by atoms with Crippen molar-refractivity contribution >= 4 is 134 Å². The van der Waals surface area contributed by atoms with Crippen molar-refractivity contribution in [2.75, 3.05) is 92.1 Å². The van der Waals surface area contributed by atoms with Crippen molar-refractivity contribution in [1.82, 2.24) is 31.1 Å². The van der Waals surface area contributed by atoms with Crippen LogP contribution in [0.15, 0.2) is 24.3 Å². The number of imide groups is 2. The zero-order chi connectivity index (χ0) is 51.0. The molecule has 410 valence electrons. The number of nitrogens with two attached hydrogens (primary N) is 2. The highest BCUT2D eigenvalue weighted by atomic mass is 32.7. The summed E-state index contributed by atoms with van der Waals surface area (Å²) in [6.45, 7) is 2.91. The Balaban J connectivity index is -0.000000367. The molecular formula is C42H74N8O14P4S4. The lowest BCUT2D eigenvalue weighted by Crippen LogP contribution is -2.35. The lowest BCUT2D eigenvalue weighted by Gasteiger charge is -2.13. The number of nitrogens with zero attached hydrogens (tertiary/aromatic N) is 2. The highest BCUT2D eigenvalue weighted by Gasteiger charge is 2.24. The Morgan fingerprint density at radius 2 is 0.778 bits per heavy atom. The SMILES string of the molecule is C.C.C.C.NC(CCCCNC(=O)COCCOCCNC(=O)CCN1C(=O)C=CC1=O)C(=O)P=S.NC(CCCCNC(=O)COCCOCCNC(=O)CCN1C(=O)C=CC1=O)C(=O)P=S.S=PP=S. The van der Waals surface area contributed by atoms with Gasteiger partial charge in [-0.15, -0.1) is 0 Å². The van der Waals surface area contributed by atoms with E-state index in [0.29, 0.717) is 38.8 Å². The summed E-state index contributed by atoms with van der Waals surface area (Å²) in [6.07, 6.45) is 8.67. The van der Waals surface area contributed by atoms with Crippen molar-refractivity contribution in [3.63, 3.8) is 0 Å². The molecule has 0 bridgehead atoms. The van der Waals surface area contributed by atoms with Crippen LogP contribution in [0, 0.1) is 0 Å². The monoisotopic (exact) mass is 1170 g/mol. The van der Waals surface area contributed by atoms with Gasteiger partial charge in [-0.1, -0.05) is 29.7 Å². The summed E-state index contributed by atoms with van der Waals surface area (Å²) in [7, 11) is 2.24. The molecule has 8 amide bonds. The van der Waals surface area contributed by atoms with Crippen LogP contribution >= 0.6 is 28.8 Å². The van der Waals surface area contributed by atoms with Crippen LogP contribution in [0.1, 0.15) is 81.1 Å². The summed E-state index contributed by atoms with van der Waals surface area (Å²) in [5.41, 5.74) is 11.0. The van der Waals surface area contributed by atoms with Crippen LogP contribution in [0.2, 0.25) is 0 Å². The smallest absolute Gasteiger partial charge is 0.253 e. The van der Waals surface area contributed by atoms with Crippen molar-refractivity contribution in [2.45, 2.75) is 93.2 Å². The van der Waals surface area contributed by atoms with E-state index >= 15 is 0 Å². The van der Waals surface area contributed by atoms with Gasteiger partial charge >= 0.3 is 0 Å². The zero-order valence-corrected chi connectivity index (χ0v) is 44.1. The number of carbonyl (C=O) groups is 10. The van der Waals surface area contributed by atoms with Gasteiger partial charge < -0.3 is 51.7 Å². The van der Waals surface area contributed by atoms with E-state index < -0.39 is 35.7 Å². The maximum absolute atomic E-state index is 11.7. The van der Waals surface area contributed by atoms with Crippen molar-refractivity contribution < 1.29 is 66.9 Å². The Labute approximate surface area is 451 Å². The van der Waals surface area contributed by atoms with Crippen molar-refractivity contribution in [3.05, 3.63) is 24.3 Å². The summed E-state index contributed by atoms with van der Waals surface area (Å²) in [4.78, 5) is 117. The fourth-order valence-electron chi connectivity index (χ4n) is 5.12. The number of unbranched alkanes of at least 4 members (excludes halogenated alkanes) is 2. The van der Waals surface area contributed by atoms with E-state index in [1.165, 1.54) is 24.3 Å². The van der Waals surface area contributed by atoms with Gasteiger partial charge in [-0.2, -0.15) is 0 Å². The molecule has 0 radical (unpaired) electrons. The first-order valence-electron chi connectivity index (χ1n) is 21.0. The molecule has 2 aliphatic rings. The van der Waals surface area contributed by atoms with E-state index in [1.54, 1.807) is 0 Å². The van der Waals surface area contributed by atoms with Gasteiger partial charge in [0.2, 0.25) is 34.7 Å². The molecule has 2 aliphatic heterocycles. The highest BCUT2D eigenvalue weighted by Crippen LogP contribution is 2.11. The predicted molar refractivity (Wildman–Crippen MR) is 294 cm³/mol. The molecule has 30 heteroatoms. The second-order valence-corrected chi connectivity index (χ2v) is 20.4. The summed E-state index contributed by atoms with van der Waals surface area (Å²) in [5, 5.41) is 10.7. The fraction of sp³-hybridized carbons (Fsp3) is 0.667. The molecule has 2 atom stereocenters. The number of rotatable bonds is 37. The molecular weight excluding hydrogens is 1090 g/mol. The van der Waals surface area contributed by atoms with E-state index in [-0.39, 0.29) is 171 Å². The molecule has 2 rings (SSSR count). The van der Waals surface area contributed by atoms with Crippen LogP contribution in [-0.2, 0) is 114 Å². The Bertz CT molecular complexity index is 1630. The van der Waals surface area contributed by atoms with Crippen LogP contribution in [0.5, 0.6) is 0 Å². The van der Waals surface area contributed by atoms with Gasteiger partial charge in [0.25, 0.3) is 23.6 Å². The average Bonchev–Trinajstić information content (AvgIpc) is 3.83. The number of amides is 8. The summed E-state index contributed by atoms with van der Waals surface area (Å²) in [5.74, 6) is -2.73. The van der Waals surface area contributed by atoms with Gasteiger partial charge in [0.05, 0.1) is 66.4 Å². The number of hydrogen-bond donors (Lipinski definition) is 6. The van der Waals surface area contributed by atoms with Gasteiger partial charge in [0.15, 0.2) is 0 Å². The molecule has 0 aliphatic carbocycles. The lowest BCUT2D eigenvalue weighted by molar-refractivity contribution is -0.139. The van der Waals surface area contributed by atoms with Crippen LogP contribution < -0.4 is 32.7 Å². The molecule has 8 N–H and O–H groups in total. The van der Waals surface area contributed by atoms with Crippen LogP contribution in [0.3, 0.4) is 0 Å². The standard InChI is InChI=1S/2C19H29N4O7PS.4CH4.P2S2/c2*20-14(19(28)31-32)3-1-2-7-21-16(25)13-30-12-11-29-10-8-22-15(24)6-9-23-17(26)4-5-18(23)27;;;;;3-1-2-4/h2*4-5,14H,1-3,6-13,20H2,(H,21,25)(H,22,24);4*1H4;. The number of ether oxygens (including phenoxy) is 4. The van der Waals surface area contributed by atoms with E-state index in [1.807, 2.05) is 0 Å². The molecule has 22 nitrogen and oxygen atoms in total. The van der Waals surface area contributed by atoms with Crippen molar-refractivity contribution in [2.24, 2.45) is 11.5 Å². The predicted octanol–water partition coefficient (Wildman–Crippen LogP) is 2.26. The summed E-state index contributed by atoms with van der Waals surface area (Å²) < 4.78 is 21.0. The van der Waals surface area contributed by atoms with Gasteiger partial charge in [-0.25, -0.2) is 0 Å². The number of carbonyl (C=O) groups excluding carboxylic acids is 10. The van der Waals surface area contributed by atoms with Gasteiger partial charge in [0.1, 0.15) is 13.2 Å². The molecule has 2 heterocycles.